The first-order chi connectivity index (χ1) is 22.8. The second kappa shape index (κ2) is 13.9. The number of imide groups is 2. The Bertz CT molecular complexity index is 2000. The molecule has 0 saturated carbocycles. The van der Waals surface area contributed by atoms with Crippen molar-refractivity contribution in [3.05, 3.63) is 135 Å². The number of halogens is 1. The van der Waals surface area contributed by atoms with Crippen molar-refractivity contribution in [2.75, 3.05) is 11.5 Å². The van der Waals surface area contributed by atoms with Crippen LogP contribution in [0.25, 0.3) is 16.8 Å². The summed E-state index contributed by atoms with van der Waals surface area (Å²) >= 11 is 3.59. The summed E-state index contributed by atoms with van der Waals surface area (Å²) in [5.74, 6) is -0.0474. The number of benzene rings is 5. The van der Waals surface area contributed by atoms with E-state index in [1.807, 2.05) is 62.4 Å². The zero-order valence-corrected chi connectivity index (χ0v) is 27.4. The van der Waals surface area contributed by atoms with Crippen molar-refractivity contribution in [1.29, 1.82) is 0 Å². The van der Waals surface area contributed by atoms with Crippen LogP contribution < -0.4 is 24.4 Å². The van der Waals surface area contributed by atoms with Crippen molar-refractivity contribution >= 4 is 56.3 Å². The fraction of sp³-hybridized carbons (Fsp3) is 0.132. The van der Waals surface area contributed by atoms with E-state index in [0.717, 1.165) is 32.4 Å². The van der Waals surface area contributed by atoms with Crippen LogP contribution in [0.3, 0.4) is 0 Å². The number of anilines is 1. The van der Waals surface area contributed by atoms with Crippen molar-refractivity contribution in [3.8, 4) is 17.2 Å². The minimum atomic E-state index is -0.834. The monoisotopic (exact) mass is 690 g/mol. The third kappa shape index (κ3) is 7.05. The van der Waals surface area contributed by atoms with Gasteiger partial charge in [0.1, 0.15) is 24.5 Å². The van der Waals surface area contributed by atoms with Gasteiger partial charge < -0.3 is 14.2 Å². The van der Waals surface area contributed by atoms with Crippen LogP contribution >= 0.6 is 15.9 Å². The molecule has 0 aliphatic carbocycles. The third-order valence-corrected chi connectivity index (χ3v) is 8.21. The molecule has 0 radical (unpaired) electrons. The van der Waals surface area contributed by atoms with E-state index in [0.29, 0.717) is 52.8 Å². The molecule has 5 aromatic carbocycles. The number of aryl methyl sites for hydroxylation is 1. The number of carbonyl (C=O) groups excluding carboxylic acids is 3. The molecule has 47 heavy (non-hydrogen) atoms. The van der Waals surface area contributed by atoms with Gasteiger partial charge in [0.25, 0.3) is 11.8 Å². The van der Waals surface area contributed by atoms with Gasteiger partial charge in [-0.2, -0.15) is 0 Å². The lowest BCUT2D eigenvalue weighted by atomic mass is 10.1. The molecule has 0 spiro atoms. The quantitative estimate of drug-likeness (QED) is 0.117. The van der Waals surface area contributed by atoms with Crippen LogP contribution in [0.5, 0.6) is 17.2 Å². The van der Waals surface area contributed by atoms with E-state index in [-0.39, 0.29) is 5.57 Å². The van der Waals surface area contributed by atoms with Gasteiger partial charge in [0.2, 0.25) is 0 Å². The highest BCUT2D eigenvalue weighted by Crippen LogP contribution is 2.39. The Kier molecular flexibility index (Phi) is 9.35. The molecule has 0 aromatic heterocycles. The lowest BCUT2D eigenvalue weighted by molar-refractivity contribution is -0.122. The van der Waals surface area contributed by atoms with Gasteiger partial charge in [-0.05, 0) is 99.7 Å². The number of urea groups is 1. The Hall–Kier alpha value is -5.41. The molecular formula is C38H31BrN2O6. The second-order valence-corrected chi connectivity index (χ2v) is 11.8. The number of fused-ring (bicyclic) bond motifs is 1. The number of carbonyl (C=O) groups is 3. The van der Waals surface area contributed by atoms with E-state index in [9.17, 15) is 14.4 Å². The zero-order chi connectivity index (χ0) is 32.9. The highest BCUT2D eigenvalue weighted by Gasteiger charge is 2.37. The normalized spacial score (nSPS) is 14.0. The summed E-state index contributed by atoms with van der Waals surface area (Å²) < 4.78 is 18.6. The van der Waals surface area contributed by atoms with Crippen LogP contribution in [0.2, 0.25) is 0 Å². The number of amides is 4. The maximum Gasteiger partial charge on any atom is 0.335 e. The van der Waals surface area contributed by atoms with Crippen molar-refractivity contribution < 1.29 is 28.6 Å². The Labute approximate surface area is 280 Å². The van der Waals surface area contributed by atoms with Crippen LogP contribution in [0, 0.1) is 6.92 Å². The van der Waals surface area contributed by atoms with Gasteiger partial charge in [-0.3, -0.25) is 14.9 Å². The molecule has 236 valence electrons. The van der Waals surface area contributed by atoms with Crippen molar-refractivity contribution in [2.24, 2.45) is 0 Å². The molecule has 0 atom stereocenters. The van der Waals surface area contributed by atoms with E-state index in [1.165, 1.54) is 6.08 Å². The van der Waals surface area contributed by atoms with Crippen LogP contribution in [0.4, 0.5) is 10.5 Å². The third-order valence-electron chi connectivity index (χ3n) is 7.62. The van der Waals surface area contributed by atoms with Gasteiger partial charge >= 0.3 is 6.03 Å². The summed E-state index contributed by atoms with van der Waals surface area (Å²) in [5, 5.41) is 4.48. The molecule has 9 heteroatoms. The number of nitrogens with zero attached hydrogens (tertiary/aromatic N) is 1. The summed E-state index contributed by atoms with van der Waals surface area (Å²) in [6.45, 7) is 4.91. The molecule has 0 bridgehead atoms. The van der Waals surface area contributed by atoms with Gasteiger partial charge in [-0.1, -0.05) is 72.3 Å². The molecule has 4 amide bonds. The molecule has 1 saturated heterocycles. The lowest BCUT2D eigenvalue weighted by Gasteiger charge is -2.26. The Morgan fingerprint density at radius 3 is 2.32 bits per heavy atom. The Morgan fingerprint density at radius 1 is 0.809 bits per heavy atom. The largest absolute Gasteiger partial charge is 0.490 e. The highest BCUT2D eigenvalue weighted by molar-refractivity contribution is 9.10. The molecule has 1 fully saturated rings. The van der Waals surface area contributed by atoms with Crippen molar-refractivity contribution in [3.63, 3.8) is 0 Å². The van der Waals surface area contributed by atoms with E-state index in [1.54, 1.807) is 36.4 Å². The number of barbiturate groups is 1. The van der Waals surface area contributed by atoms with Gasteiger partial charge in [-0.15, -0.1) is 0 Å². The van der Waals surface area contributed by atoms with E-state index < -0.39 is 17.8 Å². The maximum absolute atomic E-state index is 13.6. The summed E-state index contributed by atoms with van der Waals surface area (Å²) in [7, 11) is 0. The smallest absolute Gasteiger partial charge is 0.335 e. The molecule has 6 rings (SSSR count). The van der Waals surface area contributed by atoms with Gasteiger partial charge in [0.05, 0.1) is 16.8 Å². The summed E-state index contributed by atoms with van der Waals surface area (Å²) in [4.78, 5) is 40.2. The first-order valence-electron chi connectivity index (χ1n) is 15.1. The fourth-order valence-corrected chi connectivity index (χ4v) is 5.82. The minimum absolute atomic E-state index is 0.205. The first-order valence-corrected chi connectivity index (χ1v) is 15.9. The van der Waals surface area contributed by atoms with Gasteiger partial charge in [0.15, 0.2) is 11.5 Å². The molecule has 1 aliphatic rings. The predicted octanol–water partition coefficient (Wildman–Crippen LogP) is 8.13. The van der Waals surface area contributed by atoms with Crippen molar-refractivity contribution in [2.45, 2.75) is 27.1 Å². The van der Waals surface area contributed by atoms with E-state index >= 15 is 0 Å². The summed E-state index contributed by atoms with van der Waals surface area (Å²) in [5.41, 5.74) is 3.79. The molecule has 8 nitrogen and oxygen atoms in total. The molecule has 1 N–H and O–H groups in total. The molecule has 5 aromatic rings. The van der Waals surface area contributed by atoms with E-state index in [4.69, 9.17) is 14.2 Å². The zero-order valence-electron chi connectivity index (χ0n) is 25.8. The van der Waals surface area contributed by atoms with Crippen LogP contribution in [-0.2, 0) is 22.8 Å². The number of nitrogens with one attached hydrogen (secondary N) is 1. The number of hydrogen-bond acceptors (Lipinski definition) is 6. The molecular weight excluding hydrogens is 660 g/mol. The van der Waals surface area contributed by atoms with Crippen molar-refractivity contribution in [1.82, 2.24) is 5.32 Å². The highest BCUT2D eigenvalue weighted by atomic mass is 79.9. The average Bonchev–Trinajstić information content (AvgIpc) is 3.07. The minimum Gasteiger partial charge on any atom is -0.490 e. The molecule has 1 heterocycles. The maximum atomic E-state index is 13.6. The van der Waals surface area contributed by atoms with Crippen LogP contribution in [-0.4, -0.2) is 24.5 Å². The average molecular weight is 692 g/mol. The van der Waals surface area contributed by atoms with Crippen LogP contribution in [0.1, 0.15) is 29.2 Å². The Morgan fingerprint density at radius 2 is 1.55 bits per heavy atom. The standard InChI is InChI=1S/C38H31BrN2O6/c1-3-45-34-21-26(20-33(39)35(34)47-23-28-9-6-8-27-7-4-5-10-31(27)28)19-32-36(42)40-38(44)41(37(32)43)29-15-17-30(18-16-29)46-22-25-13-11-24(2)12-14-25/h4-21H,3,22-23H2,1-2H3,(H,40,42,44)/b32-19+. The topological polar surface area (TPSA) is 94.2 Å². The Balaban J connectivity index is 1.22. The first kappa shape index (κ1) is 31.6. The number of ether oxygens (including phenoxy) is 3. The number of hydrogen-bond donors (Lipinski definition) is 1. The summed E-state index contributed by atoms with van der Waals surface area (Å²) in [6.07, 6.45) is 1.43. The molecule has 1 aliphatic heterocycles. The fourth-order valence-electron chi connectivity index (χ4n) is 5.24. The summed E-state index contributed by atoms with van der Waals surface area (Å²) in [6, 6.07) is 31.3. The van der Waals surface area contributed by atoms with E-state index in [2.05, 4.69) is 39.4 Å². The second-order valence-electron chi connectivity index (χ2n) is 10.9. The lowest BCUT2D eigenvalue weighted by Crippen LogP contribution is -2.54. The predicted molar refractivity (Wildman–Crippen MR) is 185 cm³/mol. The van der Waals surface area contributed by atoms with Gasteiger partial charge in [-0.25, -0.2) is 9.69 Å². The van der Waals surface area contributed by atoms with Gasteiger partial charge in [0, 0.05) is 0 Å². The SMILES string of the molecule is CCOc1cc(/C=C2\C(=O)NC(=O)N(c3ccc(OCc4ccc(C)cc4)cc3)C2=O)cc(Br)c1OCc1cccc2ccccc12. The number of rotatable bonds is 10. The van der Waals surface area contributed by atoms with Crippen LogP contribution in [0.15, 0.2) is 113 Å². The molecule has 0 unspecified atom stereocenters.